The second-order valence-electron chi connectivity index (χ2n) is 4.76. The molecule has 94 valence electrons. The van der Waals surface area contributed by atoms with Crippen molar-refractivity contribution >= 4 is 11.6 Å². The van der Waals surface area contributed by atoms with Gasteiger partial charge in [0.2, 0.25) is 0 Å². The Morgan fingerprint density at radius 3 is 2.35 bits per heavy atom. The lowest BCUT2D eigenvalue weighted by atomic mass is 9.77. The van der Waals surface area contributed by atoms with E-state index in [0.29, 0.717) is 0 Å². The zero-order valence-electron chi connectivity index (χ0n) is 10.7. The maximum atomic E-state index is 9.46. The molecule has 3 N–H and O–H groups in total. The monoisotopic (exact) mass is 236 g/mol. The van der Waals surface area contributed by atoms with Gasteiger partial charge in [0.05, 0.1) is 12.1 Å². The quantitative estimate of drug-likeness (QED) is 0.738. The van der Waals surface area contributed by atoms with Crippen molar-refractivity contribution in [2.45, 2.75) is 38.6 Å². The first-order valence-electron chi connectivity index (χ1n) is 6.02. The maximum Gasteiger partial charge on any atom is 0.135 e. The number of hydrogen-bond acceptors (Lipinski definition) is 5. The fourth-order valence-corrected chi connectivity index (χ4v) is 2.17. The van der Waals surface area contributed by atoms with Gasteiger partial charge in [-0.1, -0.05) is 0 Å². The highest BCUT2D eigenvalue weighted by molar-refractivity contribution is 5.58. The zero-order chi connectivity index (χ0) is 12.5. The van der Waals surface area contributed by atoms with Crippen molar-refractivity contribution in [3.05, 3.63) is 11.4 Å². The maximum absolute atomic E-state index is 9.46. The summed E-state index contributed by atoms with van der Waals surface area (Å²) in [6.45, 7) is 4.01. The van der Waals surface area contributed by atoms with E-state index in [4.69, 9.17) is 0 Å². The minimum absolute atomic E-state index is 0.157. The molecule has 0 saturated heterocycles. The summed E-state index contributed by atoms with van der Waals surface area (Å²) in [5, 5.41) is 15.9. The molecule has 0 aromatic carbocycles. The Morgan fingerprint density at radius 1 is 1.24 bits per heavy atom. The van der Waals surface area contributed by atoms with Crippen molar-refractivity contribution in [1.29, 1.82) is 0 Å². The summed E-state index contributed by atoms with van der Waals surface area (Å²) in [4.78, 5) is 8.75. The molecule has 5 heteroatoms. The predicted octanol–water partition coefficient (Wildman–Crippen LogP) is 1.46. The lowest BCUT2D eigenvalue weighted by molar-refractivity contribution is 0.143. The third-order valence-electron chi connectivity index (χ3n) is 3.49. The van der Waals surface area contributed by atoms with E-state index in [0.717, 1.165) is 42.3 Å². The van der Waals surface area contributed by atoms with Crippen LogP contribution in [0.4, 0.5) is 11.6 Å². The molecule has 0 bridgehead atoms. The highest BCUT2D eigenvalue weighted by Crippen LogP contribution is 2.35. The molecule has 1 heterocycles. The zero-order valence-corrected chi connectivity index (χ0v) is 10.7. The summed E-state index contributed by atoms with van der Waals surface area (Å²) >= 11 is 0. The van der Waals surface area contributed by atoms with E-state index in [9.17, 15) is 5.11 Å². The molecule has 0 unspecified atom stereocenters. The Bertz CT molecular complexity index is 410. The van der Waals surface area contributed by atoms with Crippen LogP contribution in [0.2, 0.25) is 0 Å². The summed E-state index contributed by atoms with van der Waals surface area (Å²) < 4.78 is 0. The topological polar surface area (TPSA) is 70.1 Å². The smallest absolute Gasteiger partial charge is 0.135 e. The van der Waals surface area contributed by atoms with Crippen LogP contribution in [0.15, 0.2) is 0 Å². The second kappa shape index (κ2) is 4.49. The molecule has 2 rings (SSSR count). The van der Waals surface area contributed by atoms with Gasteiger partial charge in [-0.2, -0.15) is 0 Å². The van der Waals surface area contributed by atoms with Crippen LogP contribution in [0.5, 0.6) is 0 Å². The molecule has 0 radical (unpaired) electrons. The van der Waals surface area contributed by atoms with Crippen molar-refractivity contribution < 1.29 is 5.11 Å². The van der Waals surface area contributed by atoms with Gasteiger partial charge in [-0.3, -0.25) is 0 Å². The molecule has 1 saturated carbocycles. The summed E-state index contributed by atoms with van der Waals surface area (Å²) in [5.41, 5.74) is 0.828. The van der Waals surface area contributed by atoms with Crippen LogP contribution in [0, 0.1) is 13.8 Å². The number of aliphatic hydroxyl groups is 1. The lowest BCUT2D eigenvalue weighted by Gasteiger charge is -2.41. The average Bonchev–Trinajstić information content (AvgIpc) is 2.27. The van der Waals surface area contributed by atoms with Gasteiger partial charge >= 0.3 is 0 Å². The van der Waals surface area contributed by atoms with E-state index in [2.05, 4.69) is 20.6 Å². The van der Waals surface area contributed by atoms with E-state index in [1.165, 1.54) is 0 Å². The summed E-state index contributed by atoms with van der Waals surface area (Å²) in [5.74, 6) is 2.40. The Labute approximate surface area is 102 Å². The van der Waals surface area contributed by atoms with Crippen LogP contribution in [-0.4, -0.2) is 34.3 Å². The van der Waals surface area contributed by atoms with Crippen LogP contribution < -0.4 is 10.6 Å². The number of nitrogens with one attached hydrogen (secondary N) is 2. The van der Waals surface area contributed by atoms with Crippen molar-refractivity contribution in [2.24, 2.45) is 0 Å². The summed E-state index contributed by atoms with van der Waals surface area (Å²) in [6, 6.07) is 0. The van der Waals surface area contributed by atoms with Gasteiger partial charge in [0.15, 0.2) is 0 Å². The molecule has 1 aliphatic rings. The van der Waals surface area contributed by atoms with E-state index in [1.807, 2.05) is 20.9 Å². The van der Waals surface area contributed by atoms with Crippen molar-refractivity contribution in [3.8, 4) is 0 Å². The first-order chi connectivity index (χ1) is 8.10. The molecule has 1 aliphatic carbocycles. The van der Waals surface area contributed by atoms with Gasteiger partial charge in [0, 0.05) is 12.6 Å². The predicted molar refractivity (Wildman–Crippen MR) is 68.3 cm³/mol. The van der Waals surface area contributed by atoms with Crippen LogP contribution in [0.25, 0.3) is 0 Å². The average molecular weight is 236 g/mol. The molecule has 0 atom stereocenters. The van der Waals surface area contributed by atoms with E-state index in [1.54, 1.807) is 0 Å². The van der Waals surface area contributed by atoms with Crippen LogP contribution >= 0.6 is 0 Å². The third-order valence-corrected chi connectivity index (χ3v) is 3.49. The van der Waals surface area contributed by atoms with Gasteiger partial charge in [0.25, 0.3) is 0 Å². The fourth-order valence-electron chi connectivity index (χ4n) is 2.17. The lowest BCUT2D eigenvalue weighted by Crippen LogP contribution is -2.48. The van der Waals surface area contributed by atoms with Crippen LogP contribution in [0.1, 0.15) is 30.7 Å². The van der Waals surface area contributed by atoms with Crippen LogP contribution in [-0.2, 0) is 0 Å². The highest BCUT2D eigenvalue weighted by Gasteiger charge is 2.37. The van der Waals surface area contributed by atoms with Gasteiger partial charge in [-0.25, -0.2) is 9.97 Å². The number of rotatable bonds is 4. The molecule has 17 heavy (non-hydrogen) atoms. The minimum atomic E-state index is -0.170. The van der Waals surface area contributed by atoms with E-state index < -0.39 is 0 Å². The summed E-state index contributed by atoms with van der Waals surface area (Å²) in [7, 11) is 1.85. The Hall–Kier alpha value is -1.36. The van der Waals surface area contributed by atoms with Gasteiger partial charge < -0.3 is 15.7 Å². The summed E-state index contributed by atoms with van der Waals surface area (Å²) in [6.07, 6.45) is 3.16. The standard InChI is InChI=1S/C12H20N4O/c1-8-10(13-3)14-9(2)15-11(8)16-12(7-17)5-4-6-12/h17H,4-7H2,1-3H3,(H2,13,14,15,16). The molecule has 1 aromatic rings. The Balaban J connectivity index is 2.28. The number of hydrogen-bond donors (Lipinski definition) is 3. The molecule has 0 spiro atoms. The number of nitrogens with zero attached hydrogens (tertiary/aromatic N) is 2. The number of anilines is 2. The normalized spacial score (nSPS) is 17.4. The van der Waals surface area contributed by atoms with Gasteiger partial charge in [-0.15, -0.1) is 0 Å². The molecule has 5 nitrogen and oxygen atoms in total. The van der Waals surface area contributed by atoms with Gasteiger partial charge in [0.1, 0.15) is 17.5 Å². The van der Waals surface area contributed by atoms with Gasteiger partial charge in [-0.05, 0) is 33.1 Å². The van der Waals surface area contributed by atoms with Crippen molar-refractivity contribution in [2.75, 3.05) is 24.3 Å². The second-order valence-corrected chi connectivity index (χ2v) is 4.76. The number of aromatic nitrogens is 2. The minimum Gasteiger partial charge on any atom is -0.394 e. The first kappa shape index (κ1) is 12.1. The molecule has 0 aliphatic heterocycles. The first-order valence-corrected chi connectivity index (χ1v) is 6.02. The number of aryl methyl sites for hydroxylation is 1. The molecule has 1 fully saturated rings. The van der Waals surface area contributed by atoms with E-state index >= 15 is 0 Å². The van der Waals surface area contributed by atoms with Crippen molar-refractivity contribution in [3.63, 3.8) is 0 Å². The fraction of sp³-hybridized carbons (Fsp3) is 0.667. The highest BCUT2D eigenvalue weighted by atomic mass is 16.3. The van der Waals surface area contributed by atoms with E-state index in [-0.39, 0.29) is 12.1 Å². The SMILES string of the molecule is CNc1nc(C)nc(NC2(CO)CCC2)c1C. The van der Waals surface area contributed by atoms with Crippen molar-refractivity contribution in [1.82, 2.24) is 9.97 Å². The van der Waals surface area contributed by atoms with Crippen LogP contribution in [0.3, 0.4) is 0 Å². The molecule has 1 aromatic heterocycles. The molecular weight excluding hydrogens is 216 g/mol. The third kappa shape index (κ3) is 2.20. The molecule has 0 amide bonds. The molecular formula is C12H20N4O. The Kier molecular flexibility index (Phi) is 3.19. The Morgan fingerprint density at radius 2 is 1.88 bits per heavy atom. The largest absolute Gasteiger partial charge is 0.394 e. The number of aliphatic hydroxyl groups excluding tert-OH is 1.